The fraction of sp³-hybridized carbons (Fsp3) is 0.421. The Morgan fingerprint density at radius 2 is 1.91 bits per heavy atom. The van der Waals surface area contributed by atoms with Crippen LogP contribution in [0, 0.1) is 20.8 Å². The van der Waals surface area contributed by atoms with Gasteiger partial charge in [-0.2, -0.15) is 0 Å². The Bertz CT molecular complexity index is 742. The number of hydrogen-bond acceptors (Lipinski definition) is 3. The highest BCUT2D eigenvalue weighted by Crippen LogP contribution is 2.39. The number of nitrogens with two attached hydrogens (primary N) is 1. The van der Waals surface area contributed by atoms with E-state index in [1.54, 1.807) is 0 Å². The standard InChI is InChI=1S/C19H24N2OS/c1-11-8-9-15(12(2)10-11)16-13(3)23-18(20)17(16)19(22)21-14-6-4-5-7-14/h8-10,14H,4-7,20H2,1-3H3,(H,21,22). The number of nitrogens with one attached hydrogen (secondary N) is 1. The van der Waals surface area contributed by atoms with Gasteiger partial charge in [-0.15, -0.1) is 11.3 Å². The largest absolute Gasteiger partial charge is 0.390 e. The molecule has 1 aromatic carbocycles. The molecule has 0 unspecified atom stereocenters. The van der Waals surface area contributed by atoms with Gasteiger partial charge in [0.2, 0.25) is 0 Å². The minimum Gasteiger partial charge on any atom is -0.390 e. The maximum atomic E-state index is 12.8. The molecule has 122 valence electrons. The number of carbonyl (C=O) groups excluding carboxylic acids is 1. The van der Waals surface area contributed by atoms with E-state index in [0.717, 1.165) is 28.8 Å². The zero-order valence-corrected chi connectivity index (χ0v) is 14.8. The Labute approximate surface area is 141 Å². The molecule has 0 radical (unpaired) electrons. The minimum absolute atomic E-state index is 0.0197. The van der Waals surface area contributed by atoms with Gasteiger partial charge in [-0.3, -0.25) is 4.79 Å². The second-order valence-electron chi connectivity index (χ2n) is 6.55. The van der Waals surface area contributed by atoms with Crippen molar-refractivity contribution in [1.29, 1.82) is 0 Å². The van der Waals surface area contributed by atoms with Crippen molar-refractivity contribution in [1.82, 2.24) is 5.32 Å². The highest BCUT2D eigenvalue weighted by molar-refractivity contribution is 7.16. The van der Waals surface area contributed by atoms with Crippen LogP contribution >= 0.6 is 11.3 Å². The lowest BCUT2D eigenvalue weighted by Gasteiger charge is -2.14. The zero-order chi connectivity index (χ0) is 16.6. The molecule has 0 spiro atoms. The number of thiophene rings is 1. The summed E-state index contributed by atoms with van der Waals surface area (Å²) in [6, 6.07) is 6.65. The molecule has 0 bridgehead atoms. The molecule has 0 aliphatic heterocycles. The van der Waals surface area contributed by atoms with Crippen molar-refractivity contribution < 1.29 is 4.79 Å². The van der Waals surface area contributed by atoms with Crippen molar-refractivity contribution in [3.8, 4) is 11.1 Å². The van der Waals surface area contributed by atoms with E-state index in [1.165, 1.54) is 35.3 Å². The first-order chi connectivity index (χ1) is 11.0. The van der Waals surface area contributed by atoms with Crippen molar-refractivity contribution in [3.63, 3.8) is 0 Å². The smallest absolute Gasteiger partial charge is 0.255 e. The quantitative estimate of drug-likeness (QED) is 0.865. The first-order valence-corrected chi connectivity index (χ1v) is 9.06. The number of benzene rings is 1. The van der Waals surface area contributed by atoms with Gasteiger partial charge in [0.05, 0.1) is 10.6 Å². The SMILES string of the molecule is Cc1ccc(-c2c(C)sc(N)c2C(=O)NC2CCCC2)c(C)c1. The lowest BCUT2D eigenvalue weighted by molar-refractivity contribution is 0.0940. The Morgan fingerprint density at radius 3 is 2.57 bits per heavy atom. The molecule has 3 N–H and O–H groups in total. The van der Waals surface area contributed by atoms with E-state index < -0.39 is 0 Å². The summed E-state index contributed by atoms with van der Waals surface area (Å²) in [6.45, 7) is 6.22. The van der Waals surface area contributed by atoms with Crippen LogP contribution < -0.4 is 11.1 Å². The summed E-state index contributed by atoms with van der Waals surface area (Å²) in [6.07, 6.45) is 4.56. The van der Waals surface area contributed by atoms with Crippen LogP contribution in [-0.2, 0) is 0 Å². The van der Waals surface area contributed by atoms with Crippen molar-refractivity contribution in [3.05, 3.63) is 39.8 Å². The molecule has 3 nitrogen and oxygen atoms in total. The molecule has 0 saturated heterocycles. The Morgan fingerprint density at radius 1 is 1.22 bits per heavy atom. The van der Waals surface area contributed by atoms with Crippen molar-refractivity contribution in [2.75, 3.05) is 5.73 Å². The number of hydrogen-bond donors (Lipinski definition) is 2. The van der Waals surface area contributed by atoms with Crippen LogP contribution in [0.5, 0.6) is 0 Å². The second kappa shape index (κ2) is 6.36. The highest BCUT2D eigenvalue weighted by Gasteiger charge is 2.25. The molecule has 1 aliphatic carbocycles. The van der Waals surface area contributed by atoms with Gasteiger partial charge in [-0.25, -0.2) is 0 Å². The average Bonchev–Trinajstić information content (AvgIpc) is 3.07. The molecule has 3 rings (SSSR count). The minimum atomic E-state index is -0.0197. The van der Waals surface area contributed by atoms with Gasteiger partial charge in [-0.05, 0) is 44.7 Å². The van der Waals surface area contributed by atoms with E-state index >= 15 is 0 Å². The van der Waals surface area contributed by atoms with Gasteiger partial charge < -0.3 is 11.1 Å². The Hall–Kier alpha value is -1.81. The van der Waals surface area contributed by atoms with Crippen molar-refractivity contribution in [2.45, 2.75) is 52.5 Å². The molecule has 2 aromatic rings. The summed E-state index contributed by atoms with van der Waals surface area (Å²) in [4.78, 5) is 13.9. The van der Waals surface area contributed by atoms with Crippen LogP contribution in [0.1, 0.15) is 52.0 Å². The Balaban J connectivity index is 2.02. The molecule has 1 aliphatic rings. The monoisotopic (exact) mass is 328 g/mol. The number of anilines is 1. The van der Waals surface area contributed by atoms with E-state index in [0.29, 0.717) is 16.6 Å². The van der Waals surface area contributed by atoms with Crippen LogP contribution in [0.4, 0.5) is 5.00 Å². The van der Waals surface area contributed by atoms with Crippen LogP contribution in [-0.4, -0.2) is 11.9 Å². The summed E-state index contributed by atoms with van der Waals surface area (Å²) in [7, 11) is 0. The van der Waals surface area contributed by atoms with E-state index in [2.05, 4.69) is 37.4 Å². The normalized spacial score (nSPS) is 15.1. The fourth-order valence-corrected chi connectivity index (χ4v) is 4.48. The second-order valence-corrected chi connectivity index (χ2v) is 7.80. The third kappa shape index (κ3) is 3.13. The lowest BCUT2D eigenvalue weighted by Crippen LogP contribution is -2.33. The van der Waals surface area contributed by atoms with Gasteiger partial charge in [0.15, 0.2) is 0 Å². The third-order valence-corrected chi connectivity index (χ3v) is 5.61. The van der Waals surface area contributed by atoms with Gasteiger partial charge in [0.25, 0.3) is 5.91 Å². The van der Waals surface area contributed by atoms with Crippen LogP contribution in [0.2, 0.25) is 0 Å². The topological polar surface area (TPSA) is 55.1 Å². The number of nitrogen functional groups attached to an aromatic ring is 1. The molecule has 1 amide bonds. The lowest BCUT2D eigenvalue weighted by atomic mass is 9.95. The van der Waals surface area contributed by atoms with Gasteiger partial charge >= 0.3 is 0 Å². The van der Waals surface area contributed by atoms with Crippen LogP contribution in [0.3, 0.4) is 0 Å². The number of rotatable bonds is 3. The van der Waals surface area contributed by atoms with Crippen LogP contribution in [0.25, 0.3) is 11.1 Å². The molecule has 1 fully saturated rings. The van der Waals surface area contributed by atoms with E-state index in [4.69, 9.17) is 5.73 Å². The first-order valence-electron chi connectivity index (χ1n) is 8.24. The van der Waals surface area contributed by atoms with E-state index in [-0.39, 0.29) is 5.91 Å². The van der Waals surface area contributed by atoms with E-state index in [1.807, 2.05) is 6.92 Å². The summed E-state index contributed by atoms with van der Waals surface area (Å²) >= 11 is 1.51. The first kappa shape index (κ1) is 16.1. The summed E-state index contributed by atoms with van der Waals surface area (Å²) in [5.74, 6) is -0.0197. The molecule has 4 heteroatoms. The maximum absolute atomic E-state index is 12.8. The molecule has 0 atom stereocenters. The molecule has 23 heavy (non-hydrogen) atoms. The predicted molar refractivity (Wildman–Crippen MR) is 98.1 cm³/mol. The van der Waals surface area contributed by atoms with Crippen LogP contribution in [0.15, 0.2) is 18.2 Å². The molecular weight excluding hydrogens is 304 g/mol. The number of carbonyl (C=O) groups is 1. The number of amides is 1. The predicted octanol–water partition coefficient (Wildman–Crippen LogP) is 4.59. The summed E-state index contributed by atoms with van der Waals surface area (Å²) in [5, 5.41) is 3.80. The third-order valence-electron chi connectivity index (χ3n) is 4.68. The average molecular weight is 328 g/mol. The van der Waals surface area contributed by atoms with Gasteiger partial charge in [0.1, 0.15) is 0 Å². The van der Waals surface area contributed by atoms with Gasteiger partial charge in [0, 0.05) is 16.5 Å². The molecule has 1 saturated carbocycles. The summed E-state index contributed by atoms with van der Waals surface area (Å²) < 4.78 is 0. The zero-order valence-electron chi connectivity index (χ0n) is 14.0. The molecule has 1 aromatic heterocycles. The molecular formula is C19H24N2OS. The Kier molecular flexibility index (Phi) is 4.44. The molecule has 1 heterocycles. The maximum Gasteiger partial charge on any atom is 0.255 e. The van der Waals surface area contributed by atoms with Crippen molar-refractivity contribution >= 4 is 22.2 Å². The number of aryl methyl sites for hydroxylation is 3. The van der Waals surface area contributed by atoms with E-state index in [9.17, 15) is 4.79 Å². The van der Waals surface area contributed by atoms with Crippen molar-refractivity contribution in [2.24, 2.45) is 0 Å². The fourth-order valence-electron chi connectivity index (χ4n) is 3.54. The van der Waals surface area contributed by atoms with Gasteiger partial charge in [-0.1, -0.05) is 36.6 Å². The highest BCUT2D eigenvalue weighted by atomic mass is 32.1. The summed E-state index contributed by atoms with van der Waals surface area (Å²) in [5.41, 5.74) is 11.4.